The van der Waals surface area contributed by atoms with Gasteiger partial charge in [-0.2, -0.15) is 0 Å². The van der Waals surface area contributed by atoms with Gasteiger partial charge in [0.25, 0.3) is 0 Å². The van der Waals surface area contributed by atoms with Crippen LogP contribution in [0.2, 0.25) is 0 Å². The summed E-state index contributed by atoms with van der Waals surface area (Å²) in [5, 5.41) is 10.9. The van der Waals surface area contributed by atoms with Crippen molar-refractivity contribution in [2.75, 3.05) is 0 Å². The summed E-state index contributed by atoms with van der Waals surface area (Å²) in [7, 11) is 0. The Bertz CT molecular complexity index is 644. The first-order valence-electron chi connectivity index (χ1n) is 6.49. The molecule has 0 saturated carbocycles. The molecule has 0 aliphatic heterocycles. The Hall–Kier alpha value is -2.47. The Morgan fingerprint density at radius 2 is 1.95 bits per heavy atom. The fraction of sp³-hybridized carbons (Fsp3) is 0.200. The van der Waals surface area contributed by atoms with E-state index in [4.69, 9.17) is 10.5 Å². The van der Waals surface area contributed by atoms with E-state index in [-0.39, 0.29) is 6.04 Å². The lowest BCUT2D eigenvalue weighted by atomic mass is 10.1. The first kappa shape index (κ1) is 14.9. The van der Waals surface area contributed by atoms with Crippen LogP contribution in [0.5, 0.6) is 11.5 Å². The number of nitro benzene ring substituents is 1. The molecule has 0 saturated heterocycles. The average Bonchev–Trinajstić information content (AvgIpc) is 2.49. The van der Waals surface area contributed by atoms with E-state index in [9.17, 15) is 14.5 Å². The second-order valence-corrected chi connectivity index (χ2v) is 4.53. The molecule has 0 fully saturated rings. The quantitative estimate of drug-likeness (QED) is 0.668. The van der Waals surface area contributed by atoms with Gasteiger partial charge in [0.1, 0.15) is 5.75 Å². The number of halogens is 1. The van der Waals surface area contributed by atoms with Gasteiger partial charge in [-0.05, 0) is 30.2 Å². The second-order valence-electron chi connectivity index (χ2n) is 4.53. The largest absolute Gasteiger partial charge is 0.447 e. The summed E-state index contributed by atoms with van der Waals surface area (Å²) in [6, 6.07) is 10.2. The van der Waals surface area contributed by atoms with Gasteiger partial charge in [0.2, 0.25) is 5.75 Å². The van der Waals surface area contributed by atoms with Gasteiger partial charge in [-0.3, -0.25) is 10.1 Å². The molecule has 0 heterocycles. The van der Waals surface area contributed by atoms with Gasteiger partial charge in [0.05, 0.1) is 4.92 Å². The molecule has 6 heteroatoms. The number of nitro groups is 1. The summed E-state index contributed by atoms with van der Waals surface area (Å²) in [4.78, 5) is 10.2. The van der Waals surface area contributed by atoms with Crippen molar-refractivity contribution in [3.8, 4) is 11.5 Å². The van der Waals surface area contributed by atoms with Crippen LogP contribution in [0.25, 0.3) is 0 Å². The maximum absolute atomic E-state index is 13.7. The van der Waals surface area contributed by atoms with E-state index in [1.807, 2.05) is 6.92 Å². The van der Waals surface area contributed by atoms with Crippen molar-refractivity contribution < 1.29 is 14.1 Å². The van der Waals surface area contributed by atoms with Crippen molar-refractivity contribution in [1.82, 2.24) is 0 Å². The van der Waals surface area contributed by atoms with Crippen LogP contribution in [0.3, 0.4) is 0 Å². The lowest BCUT2D eigenvalue weighted by molar-refractivity contribution is -0.385. The number of nitrogens with zero attached hydrogens (tertiary/aromatic N) is 1. The summed E-state index contributed by atoms with van der Waals surface area (Å²) < 4.78 is 19.0. The van der Waals surface area contributed by atoms with Crippen molar-refractivity contribution in [1.29, 1.82) is 0 Å². The zero-order valence-corrected chi connectivity index (χ0v) is 11.5. The zero-order chi connectivity index (χ0) is 15.4. The van der Waals surface area contributed by atoms with Gasteiger partial charge in [0.15, 0.2) is 5.82 Å². The number of para-hydroxylation sites is 1. The number of nitrogens with two attached hydrogens (primary N) is 1. The Balaban J connectivity index is 2.28. The molecule has 2 rings (SSSR count). The van der Waals surface area contributed by atoms with Crippen LogP contribution < -0.4 is 10.5 Å². The van der Waals surface area contributed by atoms with Gasteiger partial charge in [-0.15, -0.1) is 0 Å². The molecule has 21 heavy (non-hydrogen) atoms. The van der Waals surface area contributed by atoms with Gasteiger partial charge < -0.3 is 10.5 Å². The molecule has 1 unspecified atom stereocenters. The zero-order valence-electron chi connectivity index (χ0n) is 11.5. The molecule has 0 bridgehead atoms. The van der Waals surface area contributed by atoms with Crippen LogP contribution in [0.1, 0.15) is 24.9 Å². The van der Waals surface area contributed by atoms with E-state index in [0.29, 0.717) is 5.75 Å². The highest BCUT2D eigenvalue weighted by atomic mass is 19.1. The summed E-state index contributed by atoms with van der Waals surface area (Å²) in [6.07, 6.45) is 0.791. The third kappa shape index (κ3) is 3.35. The van der Waals surface area contributed by atoms with E-state index >= 15 is 0 Å². The molecule has 2 N–H and O–H groups in total. The predicted molar refractivity (Wildman–Crippen MR) is 76.8 cm³/mol. The fourth-order valence-electron chi connectivity index (χ4n) is 1.88. The minimum absolute atomic E-state index is 0.0816. The van der Waals surface area contributed by atoms with E-state index in [0.717, 1.165) is 18.1 Å². The molecule has 2 aromatic rings. The molecule has 0 aromatic heterocycles. The molecule has 2 aromatic carbocycles. The van der Waals surface area contributed by atoms with Crippen LogP contribution in [0.15, 0.2) is 42.5 Å². The first-order chi connectivity index (χ1) is 10.0. The Morgan fingerprint density at radius 1 is 1.29 bits per heavy atom. The predicted octanol–water partition coefficient (Wildman–Crippen LogP) is 3.94. The summed E-state index contributed by atoms with van der Waals surface area (Å²) in [6.45, 7) is 1.97. The summed E-state index contributed by atoms with van der Waals surface area (Å²) in [5.74, 6) is -0.858. The Labute approximate surface area is 121 Å². The van der Waals surface area contributed by atoms with Crippen molar-refractivity contribution >= 4 is 5.69 Å². The Morgan fingerprint density at radius 3 is 2.52 bits per heavy atom. The molecule has 0 radical (unpaired) electrons. The second kappa shape index (κ2) is 6.32. The monoisotopic (exact) mass is 290 g/mol. The smallest absolute Gasteiger partial charge is 0.314 e. The van der Waals surface area contributed by atoms with Crippen LogP contribution in [0.4, 0.5) is 10.1 Å². The lowest BCUT2D eigenvalue weighted by Crippen LogP contribution is -2.08. The first-order valence-corrected chi connectivity index (χ1v) is 6.49. The van der Waals surface area contributed by atoms with Crippen LogP contribution in [0, 0.1) is 15.9 Å². The molecule has 0 amide bonds. The lowest BCUT2D eigenvalue weighted by Gasteiger charge is -2.11. The minimum Gasteiger partial charge on any atom is -0.447 e. The maximum Gasteiger partial charge on any atom is 0.314 e. The highest BCUT2D eigenvalue weighted by Crippen LogP contribution is 2.34. The molecule has 110 valence electrons. The van der Waals surface area contributed by atoms with Gasteiger partial charge in [-0.1, -0.05) is 25.1 Å². The number of hydrogen-bond donors (Lipinski definition) is 1. The van der Waals surface area contributed by atoms with Crippen LogP contribution in [-0.4, -0.2) is 4.92 Å². The van der Waals surface area contributed by atoms with Crippen molar-refractivity contribution in [3.63, 3.8) is 0 Å². The van der Waals surface area contributed by atoms with E-state index in [2.05, 4.69) is 0 Å². The minimum atomic E-state index is -0.779. The molecule has 0 aliphatic rings. The van der Waals surface area contributed by atoms with E-state index < -0.39 is 22.2 Å². The molecule has 5 nitrogen and oxygen atoms in total. The Kier molecular flexibility index (Phi) is 4.49. The van der Waals surface area contributed by atoms with E-state index in [1.54, 1.807) is 24.3 Å². The van der Waals surface area contributed by atoms with Crippen molar-refractivity contribution in [2.24, 2.45) is 5.73 Å². The highest BCUT2D eigenvalue weighted by molar-refractivity contribution is 5.49. The van der Waals surface area contributed by atoms with Crippen LogP contribution >= 0.6 is 0 Å². The highest BCUT2D eigenvalue weighted by Gasteiger charge is 2.20. The summed E-state index contributed by atoms with van der Waals surface area (Å²) >= 11 is 0. The van der Waals surface area contributed by atoms with Crippen molar-refractivity contribution in [2.45, 2.75) is 19.4 Å². The third-order valence-electron chi connectivity index (χ3n) is 3.11. The molecule has 0 spiro atoms. The normalized spacial score (nSPS) is 12.0. The van der Waals surface area contributed by atoms with Gasteiger partial charge in [0, 0.05) is 12.1 Å². The van der Waals surface area contributed by atoms with E-state index in [1.165, 1.54) is 12.1 Å². The number of ether oxygens (including phenoxy) is 1. The number of benzene rings is 2. The molecule has 1 atom stereocenters. The third-order valence-corrected chi connectivity index (χ3v) is 3.11. The topological polar surface area (TPSA) is 78.4 Å². The van der Waals surface area contributed by atoms with Crippen molar-refractivity contribution in [3.05, 3.63) is 64.0 Å². The molecular formula is C15H15FN2O3. The van der Waals surface area contributed by atoms with Gasteiger partial charge in [-0.25, -0.2) is 4.39 Å². The maximum atomic E-state index is 13.7. The molecule has 0 aliphatic carbocycles. The SMILES string of the molecule is CCC(N)c1ccc(Oc2c(F)cccc2[N+](=O)[O-])cc1. The molecular weight excluding hydrogens is 275 g/mol. The fourth-order valence-corrected chi connectivity index (χ4v) is 1.88. The summed E-state index contributed by atoms with van der Waals surface area (Å²) in [5.41, 5.74) is 6.41. The number of rotatable bonds is 5. The van der Waals surface area contributed by atoms with Gasteiger partial charge >= 0.3 is 5.69 Å². The van der Waals surface area contributed by atoms with Crippen LogP contribution in [-0.2, 0) is 0 Å². The average molecular weight is 290 g/mol. The standard InChI is InChI=1S/C15H15FN2O3/c1-2-13(17)10-6-8-11(9-7-10)21-15-12(16)4-3-5-14(15)18(19)20/h3-9,13H,2,17H2,1H3. The number of hydrogen-bond acceptors (Lipinski definition) is 4.